The van der Waals surface area contributed by atoms with Crippen LogP contribution in [0.3, 0.4) is 0 Å². The number of carbonyl (C=O) groups is 2. The largest absolute Gasteiger partial charge is 0.497 e. The van der Waals surface area contributed by atoms with Crippen molar-refractivity contribution in [3.05, 3.63) is 65.7 Å². The third kappa shape index (κ3) is 10.0. The first-order chi connectivity index (χ1) is 15.8. The molecule has 178 valence electrons. The molecule has 33 heavy (non-hydrogen) atoms. The second-order valence-corrected chi connectivity index (χ2v) is 9.18. The van der Waals surface area contributed by atoms with E-state index in [2.05, 4.69) is 26.3 Å². The molecule has 0 saturated carbocycles. The highest BCUT2D eigenvalue weighted by atomic mass is 16.5. The monoisotopic (exact) mass is 451 g/mol. The Bertz CT molecular complexity index is 900. The number of allylic oxidation sites excluding steroid dienone is 1. The summed E-state index contributed by atoms with van der Waals surface area (Å²) >= 11 is 0. The number of carbonyl (C=O) groups excluding carboxylic acids is 2. The van der Waals surface area contributed by atoms with Gasteiger partial charge in [0, 0.05) is 11.3 Å². The van der Waals surface area contributed by atoms with Crippen LogP contribution in [0.5, 0.6) is 5.75 Å². The predicted octanol–water partition coefficient (Wildman–Crippen LogP) is 5.97. The molecule has 0 fully saturated rings. The van der Waals surface area contributed by atoms with E-state index in [1.54, 1.807) is 43.5 Å². The zero-order valence-electron chi connectivity index (χ0n) is 20.6. The Hall–Kier alpha value is -2.92. The molecule has 0 unspecified atom stereocenters. The standard InChI is InChI=1S/C28H38N2O3/c1-5-6-7-8-9-10-21-30(2,3)22-28(32)29-25-16-14-24(15-17-25)27(31)20-13-23-11-18-26(33-4)19-12-23/h11-20H,5-10,21-22H2,1-4H3/p+1/b20-13+. The number of anilines is 1. The molecular formula is C28H39N2O3+. The number of ether oxygens (including phenoxy) is 1. The van der Waals surface area contributed by atoms with Gasteiger partial charge in [-0.2, -0.15) is 0 Å². The van der Waals surface area contributed by atoms with Crippen molar-refractivity contribution in [1.82, 2.24) is 0 Å². The van der Waals surface area contributed by atoms with Crippen LogP contribution in [-0.2, 0) is 4.79 Å². The van der Waals surface area contributed by atoms with Crippen LogP contribution in [0.15, 0.2) is 54.6 Å². The molecule has 1 amide bonds. The van der Waals surface area contributed by atoms with E-state index in [-0.39, 0.29) is 11.7 Å². The maximum Gasteiger partial charge on any atom is 0.279 e. The van der Waals surface area contributed by atoms with Crippen LogP contribution in [0.1, 0.15) is 61.4 Å². The van der Waals surface area contributed by atoms with E-state index in [0.717, 1.165) is 24.3 Å². The summed E-state index contributed by atoms with van der Waals surface area (Å²) in [6.07, 6.45) is 10.9. The number of nitrogens with one attached hydrogen (secondary N) is 1. The van der Waals surface area contributed by atoms with Crippen LogP contribution < -0.4 is 10.1 Å². The number of nitrogens with zero attached hydrogens (tertiary/aromatic N) is 1. The van der Waals surface area contributed by atoms with Gasteiger partial charge in [-0.3, -0.25) is 9.59 Å². The molecule has 0 aliphatic heterocycles. The number of unbranched alkanes of at least 4 members (excludes halogenated alkanes) is 5. The van der Waals surface area contributed by atoms with Gasteiger partial charge in [0.05, 0.1) is 27.7 Å². The molecule has 2 aromatic rings. The second kappa shape index (κ2) is 13.6. The number of hydrogen-bond donors (Lipinski definition) is 1. The first-order valence-corrected chi connectivity index (χ1v) is 11.9. The number of likely N-dealkylation sites (N-methyl/N-ethyl adjacent to an activating group) is 1. The third-order valence-electron chi connectivity index (χ3n) is 5.68. The normalized spacial score (nSPS) is 11.5. The fourth-order valence-corrected chi connectivity index (χ4v) is 3.69. The molecule has 5 heteroatoms. The minimum Gasteiger partial charge on any atom is -0.497 e. The number of quaternary nitrogens is 1. The first-order valence-electron chi connectivity index (χ1n) is 11.9. The van der Waals surface area contributed by atoms with Crippen LogP contribution in [0, 0.1) is 0 Å². The van der Waals surface area contributed by atoms with Gasteiger partial charge < -0.3 is 14.5 Å². The maximum atomic E-state index is 12.5. The Morgan fingerprint density at radius 3 is 2.18 bits per heavy atom. The minimum absolute atomic E-state index is 0.00976. The molecule has 0 atom stereocenters. The predicted molar refractivity (Wildman–Crippen MR) is 137 cm³/mol. The van der Waals surface area contributed by atoms with Gasteiger partial charge in [0.2, 0.25) is 0 Å². The van der Waals surface area contributed by atoms with Gasteiger partial charge in [-0.25, -0.2) is 0 Å². The van der Waals surface area contributed by atoms with Crippen LogP contribution in [0.4, 0.5) is 5.69 Å². The topological polar surface area (TPSA) is 55.4 Å². The fourth-order valence-electron chi connectivity index (χ4n) is 3.69. The average molecular weight is 452 g/mol. The Morgan fingerprint density at radius 1 is 0.909 bits per heavy atom. The van der Waals surface area contributed by atoms with Gasteiger partial charge in [-0.15, -0.1) is 0 Å². The van der Waals surface area contributed by atoms with Crippen molar-refractivity contribution in [2.45, 2.75) is 45.4 Å². The molecule has 5 nitrogen and oxygen atoms in total. The van der Waals surface area contributed by atoms with Crippen LogP contribution in [0.2, 0.25) is 0 Å². The third-order valence-corrected chi connectivity index (χ3v) is 5.68. The van der Waals surface area contributed by atoms with E-state index in [4.69, 9.17) is 4.74 Å². The summed E-state index contributed by atoms with van der Waals surface area (Å²) in [7, 11) is 5.82. The molecule has 0 aliphatic rings. The number of hydrogen-bond acceptors (Lipinski definition) is 3. The van der Waals surface area contributed by atoms with E-state index in [0.29, 0.717) is 22.3 Å². The van der Waals surface area contributed by atoms with E-state index >= 15 is 0 Å². The molecular weight excluding hydrogens is 412 g/mol. The van der Waals surface area contributed by atoms with Crippen molar-refractivity contribution in [3.63, 3.8) is 0 Å². The molecule has 2 aromatic carbocycles. The summed E-state index contributed by atoms with van der Waals surface area (Å²) in [6.45, 7) is 3.65. The summed E-state index contributed by atoms with van der Waals surface area (Å²) in [4.78, 5) is 25.0. The Morgan fingerprint density at radius 2 is 1.55 bits per heavy atom. The van der Waals surface area contributed by atoms with Crippen molar-refractivity contribution < 1.29 is 18.8 Å². The number of methoxy groups -OCH3 is 1. The average Bonchev–Trinajstić information content (AvgIpc) is 2.80. The first kappa shape index (κ1) is 26.3. The van der Waals surface area contributed by atoms with Crippen molar-refractivity contribution in [3.8, 4) is 5.75 Å². The summed E-state index contributed by atoms with van der Waals surface area (Å²) in [5, 5.41) is 2.96. The van der Waals surface area contributed by atoms with Crippen LogP contribution in [0.25, 0.3) is 6.08 Å². The molecule has 0 spiro atoms. The van der Waals surface area contributed by atoms with Gasteiger partial charge in [0.15, 0.2) is 12.3 Å². The van der Waals surface area contributed by atoms with Gasteiger partial charge in [0.1, 0.15) is 5.75 Å². The van der Waals surface area contributed by atoms with Gasteiger partial charge >= 0.3 is 0 Å². The highest BCUT2D eigenvalue weighted by Crippen LogP contribution is 2.15. The molecule has 1 N–H and O–H groups in total. The Balaban J connectivity index is 1.80. The summed E-state index contributed by atoms with van der Waals surface area (Å²) in [5.74, 6) is 0.686. The molecule has 0 bridgehead atoms. The number of rotatable bonds is 14. The quantitative estimate of drug-likeness (QED) is 0.167. The van der Waals surface area contributed by atoms with Gasteiger partial charge in [-0.05, 0) is 60.9 Å². The smallest absolute Gasteiger partial charge is 0.279 e. The van der Waals surface area contributed by atoms with Crippen LogP contribution >= 0.6 is 0 Å². The molecule has 0 aliphatic carbocycles. The van der Waals surface area contributed by atoms with Crippen molar-refractivity contribution in [2.75, 3.05) is 39.6 Å². The van der Waals surface area contributed by atoms with Crippen molar-refractivity contribution in [1.29, 1.82) is 0 Å². The number of ketones is 1. The van der Waals surface area contributed by atoms with Crippen molar-refractivity contribution in [2.24, 2.45) is 0 Å². The lowest BCUT2D eigenvalue weighted by atomic mass is 10.1. The highest BCUT2D eigenvalue weighted by Gasteiger charge is 2.19. The summed E-state index contributed by atoms with van der Waals surface area (Å²) in [5.41, 5.74) is 2.21. The van der Waals surface area contributed by atoms with E-state index < -0.39 is 0 Å². The van der Waals surface area contributed by atoms with Crippen molar-refractivity contribution >= 4 is 23.5 Å². The number of amides is 1. The summed E-state index contributed by atoms with van der Waals surface area (Å²) < 4.78 is 5.81. The summed E-state index contributed by atoms with van der Waals surface area (Å²) in [6, 6.07) is 14.5. The fraction of sp³-hybridized carbons (Fsp3) is 0.429. The van der Waals surface area contributed by atoms with E-state index in [1.165, 1.54) is 32.1 Å². The zero-order chi connectivity index (χ0) is 24.1. The van der Waals surface area contributed by atoms with Crippen LogP contribution in [-0.4, -0.2) is 50.5 Å². The van der Waals surface area contributed by atoms with Gasteiger partial charge in [0.25, 0.3) is 5.91 Å². The molecule has 2 rings (SSSR count). The second-order valence-electron chi connectivity index (χ2n) is 9.18. The lowest BCUT2D eigenvalue weighted by Crippen LogP contribution is -2.46. The lowest BCUT2D eigenvalue weighted by Gasteiger charge is -2.29. The number of benzene rings is 2. The maximum absolute atomic E-state index is 12.5. The SMILES string of the molecule is CCCCCCCC[N+](C)(C)CC(=O)Nc1ccc(C(=O)/C=C/c2ccc(OC)cc2)cc1. The Kier molecular flexibility index (Phi) is 10.8. The van der Waals surface area contributed by atoms with E-state index in [9.17, 15) is 9.59 Å². The highest BCUT2D eigenvalue weighted by molar-refractivity contribution is 6.07. The van der Waals surface area contributed by atoms with E-state index in [1.807, 2.05) is 24.3 Å². The molecule has 0 saturated heterocycles. The minimum atomic E-state index is -0.0829. The molecule has 0 heterocycles. The molecule has 0 radical (unpaired) electrons. The molecule has 0 aromatic heterocycles. The zero-order valence-corrected chi connectivity index (χ0v) is 20.6. The lowest BCUT2D eigenvalue weighted by molar-refractivity contribution is -0.882. The Labute approximate surface area is 199 Å². The van der Waals surface area contributed by atoms with Gasteiger partial charge in [-0.1, -0.05) is 50.8 Å².